The highest BCUT2D eigenvalue weighted by Gasteiger charge is 2.48. The van der Waals surface area contributed by atoms with Gasteiger partial charge in [0.25, 0.3) is 0 Å². The molecule has 1 aromatic heterocycles. The van der Waals surface area contributed by atoms with Crippen LogP contribution in [-0.4, -0.2) is 23.5 Å². The van der Waals surface area contributed by atoms with E-state index in [0.717, 1.165) is 11.1 Å². The van der Waals surface area contributed by atoms with E-state index in [-0.39, 0.29) is 11.6 Å². The predicted molar refractivity (Wildman–Crippen MR) is 96.6 cm³/mol. The number of anilines is 1. The molecule has 1 aliphatic rings. The summed E-state index contributed by atoms with van der Waals surface area (Å²) in [5.74, 6) is 0.311. The van der Waals surface area contributed by atoms with Gasteiger partial charge in [0.2, 0.25) is 5.69 Å². The number of ether oxygens (including phenoxy) is 1. The first-order valence-corrected chi connectivity index (χ1v) is 8.45. The highest BCUT2D eigenvalue weighted by molar-refractivity contribution is 6.21. The predicted octanol–water partition coefficient (Wildman–Crippen LogP) is 3.17. The van der Waals surface area contributed by atoms with Gasteiger partial charge < -0.3 is 4.74 Å². The van der Waals surface area contributed by atoms with Crippen LogP contribution in [0.5, 0.6) is 5.75 Å². The maximum atomic E-state index is 13.0. The molecular weight excluding hydrogens is 330 g/mol. The van der Waals surface area contributed by atoms with E-state index >= 15 is 0 Å². The fourth-order valence-corrected chi connectivity index (χ4v) is 3.13. The molecule has 0 atom stereocenters. The average Bonchev–Trinajstić information content (AvgIpc) is 2.88. The molecule has 0 aliphatic carbocycles. The van der Waals surface area contributed by atoms with E-state index in [4.69, 9.17) is 4.74 Å². The Morgan fingerprint density at radius 1 is 1.08 bits per heavy atom. The lowest BCUT2D eigenvalue weighted by molar-refractivity contribution is -0.537. The SMILES string of the molecule is CCOc1ccc(N2C(=O)c3cnc4cc(C)c(C)cc4[n+]3C2=O)cc1. The summed E-state index contributed by atoms with van der Waals surface area (Å²) in [5.41, 5.74) is 4.22. The van der Waals surface area contributed by atoms with Gasteiger partial charge >= 0.3 is 11.9 Å². The fraction of sp³-hybridized carbons (Fsp3) is 0.200. The Hall–Kier alpha value is -3.28. The van der Waals surface area contributed by atoms with Crippen molar-refractivity contribution < 1.29 is 18.9 Å². The van der Waals surface area contributed by atoms with Gasteiger partial charge in [-0.15, -0.1) is 9.47 Å². The Morgan fingerprint density at radius 3 is 2.46 bits per heavy atom. The average molecular weight is 348 g/mol. The van der Waals surface area contributed by atoms with Gasteiger partial charge in [0.05, 0.1) is 12.8 Å². The standard InChI is InChI=1S/C20H18N3O3/c1-4-26-15-7-5-14(6-8-15)22-19(24)18-11-21-16-9-12(2)13(3)10-17(16)23(18)20(22)25/h5-11H,4H2,1-3H3/q+1. The normalized spacial score (nSPS) is 13.4. The second-order valence-corrected chi connectivity index (χ2v) is 6.25. The van der Waals surface area contributed by atoms with E-state index in [0.29, 0.717) is 29.1 Å². The van der Waals surface area contributed by atoms with Crippen molar-refractivity contribution >= 4 is 28.7 Å². The summed E-state index contributed by atoms with van der Waals surface area (Å²) in [6.45, 7) is 6.42. The van der Waals surface area contributed by atoms with Crippen molar-refractivity contribution in [2.24, 2.45) is 0 Å². The van der Waals surface area contributed by atoms with E-state index in [1.165, 1.54) is 15.7 Å². The van der Waals surface area contributed by atoms with Crippen LogP contribution in [0.3, 0.4) is 0 Å². The first-order valence-electron chi connectivity index (χ1n) is 8.45. The summed E-state index contributed by atoms with van der Waals surface area (Å²) < 4.78 is 6.86. The van der Waals surface area contributed by atoms with Crippen LogP contribution in [0.15, 0.2) is 42.6 Å². The molecular formula is C20H18N3O3+. The molecule has 0 fully saturated rings. The molecule has 6 heteroatoms. The Kier molecular flexibility index (Phi) is 3.68. The molecule has 6 nitrogen and oxygen atoms in total. The van der Waals surface area contributed by atoms with Gasteiger partial charge in [0.15, 0.2) is 5.52 Å². The molecule has 0 N–H and O–H groups in total. The first kappa shape index (κ1) is 16.2. The second-order valence-electron chi connectivity index (χ2n) is 6.25. The molecule has 0 bridgehead atoms. The minimum absolute atomic E-state index is 0.264. The third-order valence-corrected chi connectivity index (χ3v) is 4.61. The van der Waals surface area contributed by atoms with Crippen LogP contribution < -0.4 is 14.2 Å². The number of amides is 2. The van der Waals surface area contributed by atoms with Crippen LogP contribution in [0.25, 0.3) is 11.0 Å². The van der Waals surface area contributed by atoms with Crippen molar-refractivity contribution in [2.45, 2.75) is 20.8 Å². The third-order valence-electron chi connectivity index (χ3n) is 4.61. The summed E-state index contributed by atoms with van der Waals surface area (Å²) in [6, 6.07) is 10.3. The van der Waals surface area contributed by atoms with Gasteiger partial charge in [-0.05, 0) is 68.3 Å². The molecule has 26 heavy (non-hydrogen) atoms. The summed E-state index contributed by atoms with van der Waals surface area (Å²) >= 11 is 0. The number of nitrogens with zero attached hydrogens (tertiary/aromatic N) is 3. The van der Waals surface area contributed by atoms with Crippen LogP contribution in [0.2, 0.25) is 0 Å². The van der Waals surface area contributed by atoms with E-state index < -0.39 is 6.03 Å². The molecule has 2 aromatic carbocycles. The highest BCUT2D eigenvalue weighted by Crippen LogP contribution is 2.25. The molecule has 2 amide bonds. The molecule has 3 aromatic rings. The van der Waals surface area contributed by atoms with E-state index in [1.807, 2.05) is 32.9 Å². The van der Waals surface area contributed by atoms with Crippen molar-refractivity contribution in [3.63, 3.8) is 0 Å². The van der Waals surface area contributed by atoms with E-state index in [2.05, 4.69) is 4.98 Å². The molecule has 0 saturated carbocycles. The zero-order valence-electron chi connectivity index (χ0n) is 14.8. The van der Waals surface area contributed by atoms with Gasteiger partial charge in [0, 0.05) is 0 Å². The summed E-state index contributed by atoms with van der Waals surface area (Å²) in [5, 5.41) is 0. The Labute approximate surface area is 150 Å². The summed E-state index contributed by atoms with van der Waals surface area (Å²) in [4.78, 5) is 31.4. The highest BCUT2D eigenvalue weighted by atomic mass is 16.5. The third kappa shape index (κ3) is 2.34. The fourth-order valence-electron chi connectivity index (χ4n) is 3.13. The molecule has 2 heterocycles. The number of rotatable bonds is 3. The van der Waals surface area contributed by atoms with Crippen LogP contribution in [-0.2, 0) is 0 Å². The molecule has 0 saturated heterocycles. The van der Waals surface area contributed by atoms with Crippen molar-refractivity contribution in [3.05, 3.63) is 59.4 Å². The van der Waals surface area contributed by atoms with Crippen molar-refractivity contribution in [1.82, 2.24) is 4.98 Å². The van der Waals surface area contributed by atoms with E-state index in [1.54, 1.807) is 24.3 Å². The van der Waals surface area contributed by atoms with Gasteiger partial charge in [-0.25, -0.2) is 9.78 Å². The van der Waals surface area contributed by atoms with Crippen molar-refractivity contribution in [2.75, 3.05) is 11.5 Å². The number of imide groups is 1. The lowest BCUT2D eigenvalue weighted by Gasteiger charge is -2.07. The quantitative estimate of drug-likeness (QED) is 0.682. The molecule has 130 valence electrons. The summed E-state index contributed by atoms with van der Waals surface area (Å²) in [6.07, 6.45) is 1.46. The Morgan fingerprint density at radius 2 is 1.77 bits per heavy atom. The molecule has 0 spiro atoms. The number of benzene rings is 2. The van der Waals surface area contributed by atoms with Crippen LogP contribution in [0.1, 0.15) is 28.5 Å². The number of carbonyl (C=O) groups is 2. The minimum atomic E-state index is -0.398. The molecule has 1 aliphatic heterocycles. The molecule has 4 rings (SSSR count). The number of hydrogen-bond donors (Lipinski definition) is 0. The van der Waals surface area contributed by atoms with Crippen LogP contribution in [0, 0.1) is 13.8 Å². The number of aromatic nitrogens is 2. The van der Waals surface area contributed by atoms with Gasteiger partial charge in [-0.1, -0.05) is 0 Å². The Bertz CT molecular complexity index is 1060. The number of carbonyl (C=O) groups excluding carboxylic acids is 2. The lowest BCUT2D eigenvalue weighted by Crippen LogP contribution is -2.46. The van der Waals surface area contributed by atoms with Crippen molar-refractivity contribution in [1.29, 1.82) is 0 Å². The van der Waals surface area contributed by atoms with Crippen LogP contribution in [0.4, 0.5) is 10.5 Å². The largest absolute Gasteiger partial charge is 0.512 e. The van der Waals surface area contributed by atoms with Crippen molar-refractivity contribution in [3.8, 4) is 5.75 Å². The molecule has 0 unspecified atom stereocenters. The second kappa shape index (κ2) is 5.91. The lowest BCUT2D eigenvalue weighted by atomic mass is 10.1. The monoisotopic (exact) mass is 348 g/mol. The van der Waals surface area contributed by atoms with Gasteiger partial charge in [0.1, 0.15) is 17.0 Å². The zero-order valence-corrected chi connectivity index (χ0v) is 14.8. The Balaban J connectivity index is 1.83. The van der Waals surface area contributed by atoms with Gasteiger partial charge in [-0.3, -0.25) is 0 Å². The topological polar surface area (TPSA) is 63.4 Å². The minimum Gasteiger partial charge on any atom is -0.494 e. The van der Waals surface area contributed by atoms with Crippen LogP contribution >= 0.6 is 0 Å². The van der Waals surface area contributed by atoms with Gasteiger partial charge in [-0.2, -0.15) is 4.79 Å². The maximum absolute atomic E-state index is 13.0. The molecule has 0 radical (unpaired) electrons. The zero-order chi connectivity index (χ0) is 18.4. The van der Waals surface area contributed by atoms with E-state index in [9.17, 15) is 9.59 Å². The summed E-state index contributed by atoms with van der Waals surface area (Å²) in [7, 11) is 0. The number of hydrogen-bond acceptors (Lipinski definition) is 4. The maximum Gasteiger partial charge on any atom is 0.512 e. The number of fused-ring (bicyclic) bond motifs is 3. The smallest absolute Gasteiger partial charge is 0.494 e. The number of aryl methyl sites for hydroxylation is 2. The first-order chi connectivity index (χ1) is 12.5.